The predicted octanol–water partition coefficient (Wildman–Crippen LogP) is 5.69. The molecule has 3 aromatic carbocycles. The second kappa shape index (κ2) is 12.3. The molecular formula is C31H26Cl2N2O5S. The molecule has 0 bridgehead atoms. The largest absolute Gasteiger partial charge is 0.493 e. The van der Waals surface area contributed by atoms with Gasteiger partial charge in [-0.2, -0.15) is 0 Å². The van der Waals surface area contributed by atoms with Gasteiger partial charge in [0.1, 0.15) is 12.6 Å². The maximum Gasteiger partial charge on any atom is 0.338 e. The number of benzene rings is 3. The molecule has 7 nitrogen and oxygen atoms in total. The van der Waals surface area contributed by atoms with E-state index in [1.54, 1.807) is 57.4 Å². The van der Waals surface area contributed by atoms with E-state index in [0.717, 1.165) is 11.1 Å². The van der Waals surface area contributed by atoms with Gasteiger partial charge in [-0.3, -0.25) is 9.36 Å². The molecule has 41 heavy (non-hydrogen) atoms. The quantitative estimate of drug-likeness (QED) is 0.240. The molecule has 2 heterocycles. The summed E-state index contributed by atoms with van der Waals surface area (Å²) in [4.78, 5) is 32.0. The lowest BCUT2D eigenvalue weighted by Gasteiger charge is -2.25. The molecule has 0 amide bonds. The summed E-state index contributed by atoms with van der Waals surface area (Å²) in [7, 11) is 1.55. The van der Waals surface area contributed by atoms with Crippen molar-refractivity contribution in [3.8, 4) is 11.5 Å². The highest BCUT2D eigenvalue weighted by Gasteiger charge is 2.34. The summed E-state index contributed by atoms with van der Waals surface area (Å²) in [6, 6.07) is 19.2. The maximum absolute atomic E-state index is 13.9. The molecule has 0 fully saturated rings. The standard InChI is InChI=1S/C31H26Cl2N2O5S/c1-4-39-30(37)27-18(2)34-31-35(28(27)21-10-6-8-12-23(21)33)29(36)26(41-31)16-19-13-14-24(25(15-19)38-3)40-17-20-9-5-7-11-22(20)32/h5-16,28H,4,17H2,1-3H3/b26-16-/t28-/m0/s1. The van der Waals surface area contributed by atoms with Crippen molar-refractivity contribution in [2.75, 3.05) is 13.7 Å². The lowest BCUT2D eigenvalue weighted by atomic mass is 9.96. The molecule has 0 aliphatic carbocycles. The Morgan fingerprint density at radius 2 is 1.78 bits per heavy atom. The lowest BCUT2D eigenvalue weighted by Crippen LogP contribution is -2.40. The number of allylic oxidation sites excluding steroid dienone is 1. The van der Waals surface area contributed by atoms with Gasteiger partial charge in [0.25, 0.3) is 5.56 Å². The van der Waals surface area contributed by atoms with Crippen LogP contribution in [-0.4, -0.2) is 24.3 Å². The molecule has 5 rings (SSSR count). The summed E-state index contributed by atoms with van der Waals surface area (Å²) >= 11 is 14.1. The number of hydrogen-bond acceptors (Lipinski definition) is 7. The number of fused-ring (bicyclic) bond motifs is 1. The van der Waals surface area contributed by atoms with Crippen LogP contribution in [0, 0.1) is 0 Å². The maximum atomic E-state index is 13.9. The molecule has 10 heteroatoms. The number of carbonyl (C=O) groups excluding carboxylic acids is 1. The van der Waals surface area contributed by atoms with E-state index in [1.165, 1.54) is 15.9 Å². The number of rotatable bonds is 8. The van der Waals surface area contributed by atoms with Crippen molar-refractivity contribution in [1.82, 2.24) is 4.57 Å². The molecular weight excluding hydrogens is 583 g/mol. The third-order valence-electron chi connectivity index (χ3n) is 6.54. The van der Waals surface area contributed by atoms with Crippen LogP contribution in [0.5, 0.6) is 11.5 Å². The first-order valence-electron chi connectivity index (χ1n) is 12.8. The Bertz CT molecular complexity index is 1840. The minimum atomic E-state index is -0.781. The number of hydrogen-bond donors (Lipinski definition) is 0. The van der Waals surface area contributed by atoms with Gasteiger partial charge in [0.05, 0.1) is 29.5 Å². The molecule has 1 aliphatic heterocycles. The van der Waals surface area contributed by atoms with Crippen LogP contribution in [0.4, 0.5) is 0 Å². The first-order chi connectivity index (χ1) is 19.8. The number of aromatic nitrogens is 1. The molecule has 0 unspecified atom stereocenters. The molecule has 1 aromatic heterocycles. The summed E-state index contributed by atoms with van der Waals surface area (Å²) in [6.07, 6.45) is 1.76. The SMILES string of the molecule is CCOC(=O)C1=C(C)N=c2s/c(=C\c3ccc(OCc4ccccc4Cl)c(OC)c3)c(=O)n2[C@H]1c1ccccc1Cl. The van der Waals surface area contributed by atoms with Crippen LogP contribution >= 0.6 is 34.5 Å². The number of thiazole rings is 1. The van der Waals surface area contributed by atoms with Crippen molar-refractivity contribution in [1.29, 1.82) is 0 Å². The van der Waals surface area contributed by atoms with Crippen LogP contribution in [0.25, 0.3) is 6.08 Å². The third-order valence-corrected chi connectivity index (χ3v) is 8.24. The highest BCUT2D eigenvalue weighted by atomic mass is 35.5. The Kier molecular flexibility index (Phi) is 8.63. The van der Waals surface area contributed by atoms with Crippen LogP contribution in [0.3, 0.4) is 0 Å². The van der Waals surface area contributed by atoms with E-state index in [0.29, 0.717) is 42.1 Å². The van der Waals surface area contributed by atoms with Gasteiger partial charge >= 0.3 is 5.97 Å². The average Bonchev–Trinajstić information content (AvgIpc) is 3.26. The average molecular weight is 610 g/mol. The van der Waals surface area contributed by atoms with Crippen LogP contribution in [0.15, 0.2) is 87.8 Å². The summed E-state index contributed by atoms with van der Waals surface area (Å²) in [6.45, 7) is 3.93. The minimum Gasteiger partial charge on any atom is -0.493 e. The molecule has 1 aliphatic rings. The number of nitrogens with zero attached hydrogens (tertiary/aromatic N) is 2. The summed E-state index contributed by atoms with van der Waals surface area (Å²) in [5.41, 5.74) is 2.65. The lowest BCUT2D eigenvalue weighted by molar-refractivity contribution is -0.139. The minimum absolute atomic E-state index is 0.190. The molecule has 210 valence electrons. The predicted molar refractivity (Wildman–Crippen MR) is 161 cm³/mol. The van der Waals surface area contributed by atoms with E-state index in [2.05, 4.69) is 4.99 Å². The van der Waals surface area contributed by atoms with E-state index < -0.39 is 12.0 Å². The summed E-state index contributed by atoms with van der Waals surface area (Å²) < 4.78 is 18.8. The summed E-state index contributed by atoms with van der Waals surface area (Å²) in [5, 5.41) is 1.05. The molecule has 0 N–H and O–H groups in total. The van der Waals surface area contributed by atoms with Gasteiger partial charge < -0.3 is 14.2 Å². The zero-order chi connectivity index (χ0) is 29.1. The van der Waals surface area contributed by atoms with Crippen molar-refractivity contribution in [3.63, 3.8) is 0 Å². The van der Waals surface area contributed by atoms with Crippen molar-refractivity contribution in [2.24, 2.45) is 4.99 Å². The number of methoxy groups -OCH3 is 1. The van der Waals surface area contributed by atoms with Crippen LogP contribution in [-0.2, 0) is 16.1 Å². The Morgan fingerprint density at radius 1 is 1.05 bits per heavy atom. The molecule has 0 radical (unpaired) electrons. The molecule has 0 spiro atoms. The second-order valence-electron chi connectivity index (χ2n) is 9.11. The van der Waals surface area contributed by atoms with Gasteiger partial charge in [-0.25, -0.2) is 9.79 Å². The van der Waals surface area contributed by atoms with Crippen molar-refractivity contribution in [3.05, 3.63) is 124 Å². The zero-order valence-corrected chi connectivity index (χ0v) is 24.8. The summed E-state index contributed by atoms with van der Waals surface area (Å²) in [5.74, 6) is 0.512. The van der Waals surface area contributed by atoms with Crippen LogP contribution in [0.1, 0.15) is 36.6 Å². The Hall–Kier alpha value is -3.85. The monoisotopic (exact) mass is 608 g/mol. The highest BCUT2D eigenvalue weighted by Crippen LogP contribution is 2.34. The van der Waals surface area contributed by atoms with Gasteiger partial charge in [0, 0.05) is 15.6 Å². The van der Waals surface area contributed by atoms with Crippen molar-refractivity contribution in [2.45, 2.75) is 26.5 Å². The zero-order valence-electron chi connectivity index (χ0n) is 22.5. The Morgan fingerprint density at radius 3 is 2.49 bits per heavy atom. The van der Waals surface area contributed by atoms with Gasteiger partial charge in [-0.15, -0.1) is 0 Å². The van der Waals surface area contributed by atoms with E-state index in [4.69, 9.17) is 37.4 Å². The number of esters is 1. The topological polar surface area (TPSA) is 79.1 Å². The number of carbonyl (C=O) groups is 1. The number of halogens is 2. The van der Waals surface area contributed by atoms with Crippen LogP contribution < -0.4 is 24.4 Å². The van der Waals surface area contributed by atoms with Gasteiger partial charge in [-0.05, 0) is 55.3 Å². The van der Waals surface area contributed by atoms with Crippen molar-refractivity contribution < 1.29 is 19.0 Å². The fourth-order valence-electron chi connectivity index (χ4n) is 4.60. The van der Waals surface area contributed by atoms with E-state index in [9.17, 15) is 9.59 Å². The van der Waals surface area contributed by atoms with E-state index >= 15 is 0 Å². The normalized spacial score (nSPS) is 14.9. The van der Waals surface area contributed by atoms with Gasteiger partial charge in [0.15, 0.2) is 16.3 Å². The molecule has 0 saturated heterocycles. The first-order valence-corrected chi connectivity index (χ1v) is 14.4. The fourth-order valence-corrected chi connectivity index (χ4v) is 6.07. The Labute approximate surface area is 250 Å². The van der Waals surface area contributed by atoms with Gasteiger partial charge in [0.2, 0.25) is 0 Å². The van der Waals surface area contributed by atoms with Crippen molar-refractivity contribution >= 4 is 46.6 Å². The van der Waals surface area contributed by atoms with Gasteiger partial charge in [-0.1, -0.05) is 77.0 Å². The van der Waals surface area contributed by atoms with E-state index in [1.807, 2.05) is 36.4 Å². The fraction of sp³-hybridized carbons (Fsp3) is 0.194. The highest BCUT2D eigenvalue weighted by molar-refractivity contribution is 7.07. The first kappa shape index (κ1) is 28.7. The smallest absolute Gasteiger partial charge is 0.338 e. The second-order valence-corrected chi connectivity index (χ2v) is 10.9. The molecule has 4 aromatic rings. The third kappa shape index (κ3) is 5.81. The number of ether oxygens (including phenoxy) is 3. The van der Waals surface area contributed by atoms with Crippen LogP contribution in [0.2, 0.25) is 10.0 Å². The molecule has 0 saturated carbocycles. The Balaban J connectivity index is 1.56. The molecule has 1 atom stereocenters. The van der Waals surface area contributed by atoms with E-state index in [-0.39, 0.29) is 24.3 Å².